The first kappa shape index (κ1) is 17.4. The average molecular weight is 311 g/mol. The third kappa shape index (κ3) is 6.53. The molecule has 1 rings (SSSR count). The second kappa shape index (κ2) is 9.28. The van der Waals surface area contributed by atoms with E-state index in [2.05, 4.69) is 5.32 Å². The Balaban J connectivity index is 2.43. The molecule has 0 aliphatic carbocycles. The normalized spacial score (nSPS) is 11.7. The zero-order valence-corrected chi connectivity index (χ0v) is 13.1. The van der Waals surface area contributed by atoms with E-state index < -0.39 is 12.0 Å². The molecular formula is C15H21NO4S. The lowest BCUT2D eigenvalue weighted by Crippen LogP contribution is -2.41. The number of ether oxygens (including phenoxy) is 1. The lowest BCUT2D eigenvalue weighted by atomic mass is 10.2. The molecule has 0 spiro atoms. The molecule has 6 heteroatoms. The Kier molecular flexibility index (Phi) is 7.68. The maximum atomic E-state index is 11.8. The van der Waals surface area contributed by atoms with E-state index >= 15 is 0 Å². The van der Waals surface area contributed by atoms with Gasteiger partial charge in [-0.3, -0.25) is 4.79 Å². The summed E-state index contributed by atoms with van der Waals surface area (Å²) in [7, 11) is 0. The standard InChI is InChI=1S/C15H21NO4S/c1-3-5-13(15(18)19)16-14(17)10-21-12-8-6-11(7-9-12)20-4-2/h6-9,13H,3-5,10H2,1-2H3,(H,16,17)(H,18,19)/t13-/m1/s1. The predicted octanol–water partition coefficient (Wildman–Crippen LogP) is 2.55. The van der Waals surface area contributed by atoms with Crippen LogP contribution in [0.2, 0.25) is 0 Å². The van der Waals surface area contributed by atoms with E-state index in [-0.39, 0.29) is 11.7 Å². The topological polar surface area (TPSA) is 75.6 Å². The fourth-order valence-electron chi connectivity index (χ4n) is 1.73. The van der Waals surface area contributed by atoms with Gasteiger partial charge in [-0.2, -0.15) is 0 Å². The van der Waals surface area contributed by atoms with Gasteiger partial charge in [0.2, 0.25) is 5.91 Å². The van der Waals surface area contributed by atoms with Crippen molar-refractivity contribution in [2.24, 2.45) is 0 Å². The van der Waals surface area contributed by atoms with Crippen LogP contribution in [-0.4, -0.2) is 35.4 Å². The van der Waals surface area contributed by atoms with Crippen LogP contribution in [0.1, 0.15) is 26.7 Å². The molecule has 0 radical (unpaired) electrons. The van der Waals surface area contributed by atoms with Crippen LogP contribution in [0.5, 0.6) is 5.75 Å². The lowest BCUT2D eigenvalue weighted by molar-refractivity contribution is -0.141. The molecule has 1 amide bonds. The second-order valence-corrected chi connectivity index (χ2v) is 5.49. The van der Waals surface area contributed by atoms with Gasteiger partial charge in [0.15, 0.2) is 0 Å². The predicted molar refractivity (Wildman–Crippen MR) is 82.8 cm³/mol. The number of amides is 1. The molecule has 21 heavy (non-hydrogen) atoms. The van der Waals surface area contributed by atoms with Crippen molar-refractivity contribution in [2.45, 2.75) is 37.6 Å². The SMILES string of the molecule is CCC[C@@H](NC(=O)CSc1ccc(OCC)cc1)C(=O)O. The zero-order chi connectivity index (χ0) is 15.7. The molecule has 0 unspecified atom stereocenters. The minimum absolute atomic E-state index is 0.196. The Hall–Kier alpha value is -1.69. The lowest BCUT2D eigenvalue weighted by Gasteiger charge is -2.13. The van der Waals surface area contributed by atoms with Crippen LogP contribution in [0.4, 0.5) is 0 Å². The molecule has 0 aliphatic rings. The fraction of sp³-hybridized carbons (Fsp3) is 0.467. The number of hydrogen-bond acceptors (Lipinski definition) is 4. The highest BCUT2D eigenvalue weighted by Crippen LogP contribution is 2.21. The summed E-state index contributed by atoms with van der Waals surface area (Å²) in [4.78, 5) is 23.7. The molecule has 0 fully saturated rings. The monoisotopic (exact) mass is 311 g/mol. The van der Waals surface area contributed by atoms with Gasteiger partial charge < -0.3 is 15.2 Å². The number of hydrogen-bond donors (Lipinski definition) is 2. The zero-order valence-electron chi connectivity index (χ0n) is 12.3. The van der Waals surface area contributed by atoms with Crippen molar-refractivity contribution in [1.29, 1.82) is 0 Å². The maximum Gasteiger partial charge on any atom is 0.326 e. The van der Waals surface area contributed by atoms with Crippen LogP contribution in [0, 0.1) is 0 Å². The highest BCUT2D eigenvalue weighted by molar-refractivity contribution is 8.00. The van der Waals surface area contributed by atoms with Crippen molar-refractivity contribution < 1.29 is 19.4 Å². The molecule has 0 saturated carbocycles. The molecule has 116 valence electrons. The number of carbonyl (C=O) groups is 2. The van der Waals surface area contributed by atoms with Crippen molar-refractivity contribution in [3.63, 3.8) is 0 Å². The van der Waals surface area contributed by atoms with E-state index in [1.165, 1.54) is 11.8 Å². The highest BCUT2D eigenvalue weighted by Gasteiger charge is 2.18. The molecular weight excluding hydrogens is 290 g/mol. The molecule has 0 heterocycles. The molecule has 5 nitrogen and oxygen atoms in total. The molecule has 1 aromatic carbocycles. The number of nitrogens with one attached hydrogen (secondary N) is 1. The van der Waals surface area contributed by atoms with Crippen LogP contribution in [-0.2, 0) is 9.59 Å². The van der Waals surface area contributed by atoms with Crippen LogP contribution < -0.4 is 10.1 Å². The molecule has 1 aromatic rings. The van der Waals surface area contributed by atoms with Crippen LogP contribution in [0.25, 0.3) is 0 Å². The first-order valence-corrected chi connectivity index (χ1v) is 7.93. The second-order valence-electron chi connectivity index (χ2n) is 4.44. The van der Waals surface area contributed by atoms with Crippen molar-refractivity contribution in [1.82, 2.24) is 5.32 Å². The summed E-state index contributed by atoms with van der Waals surface area (Å²) in [5.41, 5.74) is 0. The van der Waals surface area contributed by atoms with E-state index in [0.29, 0.717) is 19.4 Å². The minimum atomic E-state index is -0.990. The van der Waals surface area contributed by atoms with E-state index in [1.54, 1.807) is 0 Å². The third-order valence-corrected chi connectivity index (χ3v) is 3.73. The molecule has 1 atom stereocenters. The number of carboxylic acids is 1. The van der Waals surface area contributed by atoms with Gasteiger partial charge in [0.05, 0.1) is 12.4 Å². The van der Waals surface area contributed by atoms with Gasteiger partial charge in [0.25, 0.3) is 0 Å². The van der Waals surface area contributed by atoms with Crippen LogP contribution >= 0.6 is 11.8 Å². The summed E-state index contributed by atoms with van der Waals surface area (Å²) in [6.45, 7) is 4.42. The largest absolute Gasteiger partial charge is 0.494 e. The third-order valence-electron chi connectivity index (χ3n) is 2.72. The van der Waals surface area contributed by atoms with E-state index in [1.807, 2.05) is 38.1 Å². The van der Waals surface area contributed by atoms with Crippen LogP contribution in [0.3, 0.4) is 0 Å². The van der Waals surface area contributed by atoms with Crippen molar-refractivity contribution in [2.75, 3.05) is 12.4 Å². The molecule has 0 saturated heterocycles. The van der Waals surface area contributed by atoms with Gasteiger partial charge in [-0.1, -0.05) is 13.3 Å². The van der Waals surface area contributed by atoms with E-state index in [0.717, 1.165) is 10.6 Å². The summed E-state index contributed by atoms with van der Waals surface area (Å²) in [6, 6.07) is 6.65. The molecule has 0 aliphatic heterocycles. The average Bonchev–Trinajstić information content (AvgIpc) is 2.46. The number of aliphatic carboxylic acids is 1. The Labute approximate surface area is 129 Å². The number of carboxylic acid groups (broad SMARTS) is 1. The van der Waals surface area contributed by atoms with Gasteiger partial charge in [-0.25, -0.2) is 4.79 Å². The molecule has 0 aromatic heterocycles. The Bertz CT molecular complexity index is 461. The summed E-state index contributed by atoms with van der Waals surface area (Å²) < 4.78 is 5.34. The van der Waals surface area contributed by atoms with Gasteiger partial charge in [-0.05, 0) is 37.6 Å². The number of rotatable bonds is 9. The van der Waals surface area contributed by atoms with E-state index in [4.69, 9.17) is 9.84 Å². The first-order chi connectivity index (χ1) is 10.1. The Morgan fingerprint density at radius 3 is 2.48 bits per heavy atom. The number of carbonyl (C=O) groups excluding carboxylic acids is 1. The first-order valence-electron chi connectivity index (χ1n) is 6.94. The van der Waals surface area contributed by atoms with Gasteiger partial charge in [0.1, 0.15) is 11.8 Å². The number of thioether (sulfide) groups is 1. The number of benzene rings is 1. The van der Waals surface area contributed by atoms with Gasteiger partial charge >= 0.3 is 5.97 Å². The fourth-order valence-corrected chi connectivity index (χ4v) is 2.44. The quantitative estimate of drug-likeness (QED) is 0.685. The van der Waals surface area contributed by atoms with Crippen molar-refractivity contribution in [3.05, 3.63) is 24.3 Å². The van der Waals surface area contributed by atoms with Crippen molar-refractivity contribution >= 4 is 23.6 Å². The summed E-state index contributed by atoms with van der Waals surface area (Å²) in [5, 5.41) is 11.5. The van der Waals surface area contributed by atoms with Crippen LogP contribution in [0.15, 0.2) is 29.2 Å². The highest BCUT2D eigenvalue weighted by atomic mass is 32.2. The van der Waals surface area contributed by atoms with Gasteiger partial charge in [-0.15, -0.1) is 11.8 Å². The Morgan fingerprint density at radius 2 is 1.95 bits per heavy atom. The summed E-state index contributed by atoms with van der Waals surface area (Å²) >= 11 is 1.37. The molecule has 2 N–H and O–H groups in total. The van der Waals surface area contributed by atoms with Gasteiger partial charge in [0, 0.05) is 4.90 Å². The van der Waals surface area contributed by atoms with E-state index in [9.17, 15) is 9.59 Å². The van der Waals surface area contributed by atoms with Crippen molar-refractivity contribution in [3.8, 4) is 5.75 Å². The Morgan fingerprint density at radius 1 is 1.29 bits per heavy atom. The molecule has 0 bridgehead atoms. The maximum absolute atomic E-state index is 11.8. The summed E-state index contributed by atoms with van der Waals surface area (Å²) in [6.07, 6.45) is 1.15. The minimum Gasteiger partial charge on any atom is -0.494 e. The summed E-state index contributed by atoms with van der Waals surface area (Å²) in [5.74, 6) is -0.271. The smallest absolute Gasteiger partial charge is 0.326 e.